The summed E-state index contributed by atoms with van der Waals surface area (Å²) in [6, 6.07) is 12.8. The van der Waals surface area contributed by atoms with Crippen LogP contribution in [0.2, 0.25) is 0 Å². The van der Waals surface area contributed by atoms with Gasteiger partial charge >= 0.3 is 6.03 Å². The number of aromatic hydroxyl groups is 1. The third-order valence-electron chi connectivity index (χ3n) is 4.60. The Bertz CT molecular complexity index is 896. The van der Waals surface area contributed by atoms with Crippen molar-refractivity contribution in [3.05, 3.63) is 65.2 Å². The van der Waals surface area contributed by atoms with Crippen molar-refractivity contribution in [1.29, 1.82) is 0 Å². The number of phenols is 1. The number of hydrogen-bond acceptors (Lipinski definition) is 4. The fourth-order valence-corrected chi connectivity index (χ4v) is 3.40. The fraction of sp³-hybridized carbons (Fsp3) is 0.167. The Morgan fingerprint density at radius 3 is 2.52 bits per heavy atom. The van der Waals surface area contributed by atoms with Crippen LogP contribution in [0.3, 0.4) is 0 Å². The van der Waals surface area contributed by atoms with Gasteiger partial charge in [-0.05, 0) is 29.3 Å². The smallest absolute Gasteiger partial charge is 0.322 e. The van der Waals surface area contributed by atoms with Crippen LogP contribution in [0.1, 0.15) is 21.5 Å². The molecule has 0 bridgehead atoms. The van der Waals surface area contributed by atoms with Gasteiger partial charge in [-0.15, -0.1) is 0 Å². The lowest BCUT2D eigenvalue weighted by atomic mass is 9.89. The van der Waals surface area contributed by atoms with Gasteiger partial charge in [-0.2, -0.15) is 0 Å². The molecule has 4 amide bonds. The van der Waals surface area contributed by atoms with E-state index < -0.39 is 17.5 Å². The summed E-state index contributed by atoms with van der Waals surface area (Å²) in [6.45, 7) is 0.267. The van der Waals surface area contributed by atoms with Crippen molar-refractivity contribution in [1.82, 2.24) is 15.5 Å². The number of nitrogens with zero attached hydrogens (tertiary/aromatic N) is 1. The molecule has 7 nitrogen and oxygen atoms in total. The Balaban J connectivity index is 1.71. The van der Waals surface area contributed by atoms with Crippen LogP contribution in [-0.4, -0.2) is 34.4 Å². The highest BCUT2D eigenvalue weighted by Crippen LogP contribution is 2.32. The lowest BCUT2D eigenvalue weighted by Crippen LogP contribution is -2.52. The molecule has 0 saturated carbocycles. The zero-order valence-electron chi connectivity index (χ0n) is 13.2. The number of fused-ring (bicyclic) bond motifs is 1. The first kappa shape index (κ1) is 15.2. The number of benzene rings is 2. The highest BCUT2D eigenvalue weighted by atomic mass is 16.3. The molecule has 1 fully saturated rings. The number of phenolic OH excluding ortho intramolecular Hbond substituents is 1. The summed E-state index contributed by atoms with van der Waals surface area (Å²) in [7, 11) is 0. The number of amides is 4. The quantitative estimate of drug-likeness (QED) is 0.730. The number of carbonyl (C=O) groups excluding carboxylic acids is 3. The molecule has 2 heterocycles. The van der Waals surface area contributed by atoms with Crippen LogP contribution in [0, 0.1) is 0 Å². The molecule has 3 N–H and O–H groups in total. The van der Waals surface area contributed by atoms with Crippen LogP contribution in [-0.2, 0) is 16.9 Å². The number of imide groups is 1. The van der Waals surface area contributed by atoms with Gasteiger partial charge in [0.25, 0.3) is 11.8 Å². The Labute approximate surface area is 143 Å². The second kappa shape index (κ2) is 5.34. The van der Waals surface area contributed by atoms with E-state index in [-0.39, 0.29) is 24.7 Å². The maximum atomic E-state index is 12.7. The average Bonchev–Trinajstić information content (AvgIpc) is 3.05. The Kier molecular flexibility index (Phi) is 3.24. The molecule has 0 unspecified atom stereocenters. The monoisotopic (exact) mass is 337 g/mol. The van der Waals surface area contributed by atoms with Crippen LogP contribution in [0.5, 0.6) is 5.75 Å². The summed E-state index contributed by atoms with van der Waals surface area (Å²) in [6.07, 6.45) is 0. The van der Waals surface area contributed by atoms with Crippen molar-refractivity contribution in [2.45, 2.75) is 12.1 Å². The first-order valence-electron chi connectivity index (χ1n) is 7.80. The molecule has 25 heavy (non-hydrogen) atoms. The van der Waals surface area contributed by atoms with E-state index in [1.54, 1.807) is 30.3 Å². The van der Waals surface area contributed by atoms with Gasteiger partial charge in [0.1, 0.15) is 5.75 Å². The van der Waals surface area contributed by atoms with Gasteiger partial charge in [0, 0.05) is 12.1 Å². The predicted octanol–water partition coefficient (Wildman–Crippen LogP) is 1.08. The van der Waals surface area contributed by atoms with E-state index in [2.05, 4.69) is 10.6 Å². The standard InChI is InChI=1S/C18H15N3O4/c22-13-6-7-14-11(8-13)9-21(15(14)23)10-18(12-4-2-1-3-5-12)16(24)19-17(25)20-18/h1-8,22H,9-10H2,(H2,19,20,24,25)/t18-/m0/s1. The van der Waals surface area contributed by atoms with Crippen molar-refractivity contribution >= 4 is 17.8 Å². The van der Waals surface area contributed by atoms with Gasteiger partial charge in [-0.1, -0.05) is 30.3 Å². The van der Waals surface area contributed by atoms with Crippen molar-refractivity contribution in [3.63, 3.8) is 0 Å². The van der Waals surface area contributed by atoms with E-state index >= 15 is 0 Å². The van der Waals surface area contributed by atoms with Crippen LogP contribution in [0.25, 0.3) is 0 Å². The lowest BCUT2D eigenvalue weighted by Gasteiger charge is -2.31. The minimum absolute atomic E-state index is 0.00284. The van der Waals surface area contributed by atoms with Gasteiger partial charge < -0.3 is 15.3 Å². The van der Waals surface area contributed by atoms with Crippen LogP contribution in [0.4, 0.5) is 4.79 Å². The number of rotatable bonds is 3. The molecule has 0 spiro atoms. The van der Waals surface area contributed by atoms with Crippen molar-refractivity contribution in [2.24, 2.45) is 0 Å². The van der Waals surface area contributed by atoms with E-state index in [0.717, 1.165) is 0 Å². The van der Waals surface area contributed by atoms with Gasteiger partial charge in [0.05, 0.1) is 6.54 Å². The zero-order valence-corrected chi connectivity index (χ0v) is 13.2. The molecular weight excluding hydrogens is 322 g/mol. The molecule has 1 atom stereocenters. The maximum absolute atomic E-state index is 12.7. The molecule has 0 radical (unpaired) electrons. The largest absolute Gasteiger partial charge is 0.508 e. The van der Waals surface area contributed by atoms with Gasteiger partial charge in [-0.25, -0.2) is 4.79 Å². The van der Waals surface area contributed by atoms with Crippen LogP contribution in [0.15, 0.2) is 48.5 Å². The van der Waals surface area contributed by atoms with Gasteiger partial charge in [0.2, 0.25) is 0 Å². The van der Waals surface area contributed by atoms with Crippen LogP contribution >= 0.6 is 0 Å². The van der Waals surface area contributed by atoms with E-state index in [1.807, 2.05) is 6.07 Å². The number of hydrogen-bond donors (Lipinski definition) is 3. The molecule has 1 saturated heterocycles. The van der Waals surface area contributed by atoms with Crippen LogP contribution < -0.4 is 10.6 Å². The number of carbonyl (C=O) groups is 3. The summed E-state index contributed by atoms with van der Waals surface area (Å²) >= 11 is 0. The molecule has 126 valence electrons. The summed E-state index contributed by atoms with van der Waals surface area (Å²) in [5, 5.41) is 14.5. The molecule has 4 rings (SSSR count). The molecule has 2 aliphatic heterocycles. The topological polar surface area (TPSA) is 98.7 Å². The SMILES string of the molecule is O=C1NC(=O)[C@](CN2Cc3cc(O)ccc3C2=O)(c2ccccc2)N1. The third-order valence-corrected chi connectivity index (χ3v) is 4.60. The van der Waals surface area contributed by atoms with Gasteiger partial charge in [-0.3, -0.25) is 14.9 Å². The molecule has 0 aromatic heterocycles. The van der Waals surface area contributed by atoms with Crippen molar-refractivity contribution < 1.29 is 19.5 Å². The number of nitrogens with one attached hydrogen (secondary N) is 2. The maximum Gasteiger partial charge on any atom is 0.322 e. The second-order valence-corrected chi connectivity index (χ2v) is 6.18. The zero-order chi connectivity index (χ0) is 17.6. The normalized spacial score (nSPS) is 21.9. The van der Waals surface area contributed by atoms with Gasteiger partial charge in [0.15, 0.2) is 5.54 Å². The molecule has 0 aliphatic carbocycles. The van der Waals surface area contributed by atoms with E-state index in [9.17, 15) is 19.5 Å². The number of urea groups is 1. The molecular formula is C18H15N3O4. The summed E-state index contributed by atoms with van der Waals surface area (Å²) in [5.74, 6) is -0.646. The summed E-state index contributed by atoms with van der Waals surface area (Å²) in [4.78, 5) is 38.5. The Hall–Kier alpha value is -3.35. The highest BCUT2D eigenvalue weighted by Gasteiger charge is 2.50. The molecule has 7 heteroatoms. The first-order valence-corrected chi connectivity index (χ1v) is 7.80. The molecule has 2 aliphatic rings. The Morgan fingerprint density at radius 2 is 1.84 bits per heavy atom. The summed E-state index contributed by atoms with van der Waals surface area (Å²) in [5.41, 5.74) is 0.451. The van der Waals surface area contributed by atoms with E-state index in [1.165, 1.54) is 17.0 Å². The minimum Gasteiger partial charge on any atom is -0.508 e. The Morgan fingerprint density at radius 1 is 1.08 bits per heavy atom. The van der Waals surface area contributed by atoms with Crippen molar-refractivity contribution in [3.8, 4) is 5.75 Å². The molecule has 2 aromatic rings. The highest BCUT2D eigenvalue weighted by molar-refractivity contribution is 6.08. The van der Waals surface area contributed by atoms with E-state index in [0.29, 0.717) is 16.7 Å². The predicted molar refractivity (Wildman–Crippen MR) is 87.6 cm³/mol. The lowest BCUT2D eigenvalue weighted by molar-refractivity contribution is -0.124. The van der Waals surface area contributed by atoms with E-state index in [4.69, 9.17) is 0 Å². The minimum atomic E-state index is -1.34. The second-order valence-electron chi connectivity index (χ2n) is 6.18. The average molecular weight is 337 g/mol. The van der Waals surface area contributed by atoms with Crippen molar-refractivity contribution in [2.75, 3.05) is 6.54 Å². The third kappa shape index (κ3) is 2.32. The summed E-state index contributed by atoms with van der Waals surface area (Å²) < 4.78 is 0. The molecule has 2 aromatic carbocycles. The first-order chi connectivity index (χ1) is 12.0. The fourth-order valence-electron chi connectivity index (χ4n) is 3.40.